The third kappa shape index (κ3) is 7.88. The van der Waals surface area contributed by atoms with Crippen molar-refractivity contribution in [1.29, 1.82) is 0 Å². The molecule has 4 atom stereocenters. The van der Waals surface area contributed by atoms with Crippen molar-refractivity contribution in [3.05, 3.63) is 34.9 Å². The number of nitrogens with zero attached hydrogens (tertiary/aromatic N) is 2. The molecule has 2 fully saturated rings. The minimum atomic E-state index is -1.05. The summed E-state index contributed by atoms with van der Waals surface area (Å²) in [6.07, 6.45) is 2.86. The van der Waals surface area contributed by atoms with Crippen molar-refractivity contribution in [1.82, 2.24) is 26.2 Å². The van der Waals surface area contributed by atoms with Crippen LogP contribution in [0, 0.1) is 5.41 Å². The fourth-order valence-electron chi connectivity index (χ4n) is 5.58. The van der Waals surface area contributed by atoms with Crippen molar-refractivity contribution < 1.29 is 28.8 Å². The molecule has 2 aliphatic heterocycles. The van der Waals surface area contributed by atoms with Crippen molar-refractivity contribution in [2.45, 2.75) is 103 Å². The maximum Gasteiger partial charge on any atom is 0.315 e. The molecule has 12 nitrogen and oxygen atoms in total. The molecule has 0 unspecified atom stereocenters. The molecule has 5 amide bonds. The van der Waals surface area contributed by atoms with Crippen LogP contribution < -0.4 is 21.3 Å². The van der Waals surface area contributed by atoms with Crippen LogP contribution in [0.2, 0.25) is 5.02 Å². The number of amides is 5. The smallest absolute Gasteiger partial charge is 0.315 e. The number of urea groups is 1. The maximum absolute atomic E-state index is 14.2. The van der Waals surface area contributed by atoms with Gasteiger partial charge < -0.3 is 31.0 Å². The topological polar surface area (TPSA) is 158 Å². The van der Waals surface area contributed by atoms with E-state index in [0.29, 0.717) is 30.1 Å². The predicted molar refractivity (Wildman–Crippen MR) is 165 cm³/mol. The molecule has 4 rings (SSSR count). The van der Waals surface area contributed by atoms with E-state index in [1.54, 1.807) is 25.1 Å². The lowest BCUT2D eigenvalue weighted by Crippen LogP contribution is -2.60. The zero-order chi connectivity index (χ0) is 32.2. The Labute approximate surface area is 263 Å². The fourth-order valence-corrected chi connectivity index (χ4v) is 5.77. The number of oxime groups is 1. The van der Waals surface area contributed by atoms with Crippen molar-refractivity contribution >= 4 is 46.8 Å². The zero-order valence-corrected chi connectivity index (χ0v) is 26.8. The van der Waals surface area contributed by atoms with E-state index in [2.05, 4.69) is 26.4 Å². The normalized spacial score (nSPS) is 22.5. The van der Waals surface area contributed by atoms with Gasteiger partial charge in [-0.2, -0.15) is 0 Å². The SMILES string of the molecule is CCC[C@H](NC(=O)[C@@H]1C[C@]2(CC(c3cccc(Cl)c3)=NO2)CN1C(=O)[C@@H](NC(=O)NCC)C(C)(C)C)C(=O)C(=O)NC1CC1. The van der Waals surface area contributed by atoms with Gasteiger partial charge >= 0.3 is 6.03 Å². The Morgan fingerprint density at radius 2 is 1.86 bits per heavy atom. The molecule has 0 bridgehead atoms. The second-order valence-corrected chi connectivity index (χ2v) is 13.4. The number of likely N-dealkylation sites (tertiary alicyclic amines) is 1. The van der Waals surface area contributed by atoms with Gasteiger partial charge in [0.2, 0.25) is 17.6 Å². The molecular weight excluding hydrogens is 588 g/mol. The van der Waals surface area contributed by atoms with Crippen LogP contribution in [0.4, 0.5) is 4.79 Å². The summed E-state index contributed by atoms with van der Waals surface area (Å²) in [7, 11) is 0. The summed E-state index contributed by atoms with van der Waals surface area (Å²) in [5, 5.41) is 15.7. The fraction of sp³-hybridized carbons (Fsp3) is 0.613. The lowest BCUT2D eigenvalue weighted by Gasteiger charge is -2.35. The highest BCUT2D eigenvalue weighted by Gasteiger charge is 2.55. The molecule has 2 heterocycles. The average molecular weight is 631 g/mol. The summed E-state index contributed by atoms with van der Waals surface area (Å²) >= 11 is 6.20. The quantitative estimate of drug-likeness (QED) is 0.275. The molecule has 0 aromatic heterocycles. The molecule has 240 valence electrons. The molecule has 3 aliphatic rings. The number of halogens is 1. The first kappa shape index (κ1) is 33.2. The van der Waals surface area contributed by atoms with Gasteiger partial charge in [-0.25, -0.2) is 4.79 Å². The van der Waals surface area contributed by atoms with Crippen molar-refractivity contribution in [3.8, 4) is 0 Å². The molecule has 0 radical (unpaired) electrons. The second-order valence-electron chi connectivity index (χ2n) is 13.0. The largest absolute Gasteiger partial charge is 0.387 e. The van der Waals surface area contributed by atoms with Gasteiger partial charge in [0.05, 0.1) is 18.3 Å². The minimum Gasteiger partial charge on any atom is -0.387 e. The number of carbonyl (C=O) groups is 5. The third-order valence-electron chi connectivity index (χ3n) is 8.06. The van der Waals surface area contributed by atoms with Gasteiger partial charge in [0.25, 0.3) is 5.91 Å². The molecule has 1 saturated heterocycles. The zero-order valence-electron chi connectivity index (χ0n) is 26.0. The van der Waals surface area contributed by atoms with Gasteiger partial charge in [-0.15, -0.1) is 0 Å². The van der Waals surface area contributed by atoms with E-state index in [4.69, 9.17) is 16.4 Å². The number of hydrogen-bond acceptors (Lipinski definition) is 7. The summed E-state index contributed by atoms with van der Waals surface area (Å²) in [5.41, 5.74) is -0.332. The van der Waals surface area contributed by atoms with E-state index in [0.717, 1.165) is 18.4 Å². The van der Waals surface area contributed by atoms with Gasteiger partial charge in [-0.3, -0.25) is 19.2 Å². The maximum atomic E-state index is 14.2. The Morgan fingerprint density at radius 1 is 1.14 bits per heavy atom. The number of carbonyl (C=O) groups excluding carboxylic acids is 5. The number of hydrogen-bond donors (Lipinski definition) is 4. The summed E-state index contributed by atoms with van der Waals surface area (Å²) in [6, 6.07) is 3.59. The Hall–Kier alpha value is -3.67. The Morgan fingerprint density at radius 3 is 2.48 bits per heavy atom. The first-order valence-electron chi connectivity index (χ1n) is 15.3. The molecule has 1 aliphatic carbocycles. The van der Waals surface area contributed by atoms with Crippen molar-refractivity contribution in [3.63, 3.8) is 0 Å². The summed E-state index contributed by atoms with van der Waals surface area (Å²) in [4.78, 5) is 73.7. The number of Topliss-reactive ketones (excluding diaryl/α,β-unsaturated/α-hetero) is 1. The monoisotopic (exact) mass is 630 g/mol. The standard InChI is InChI=1S/C31H43ClN6O6/c1-6-9-21(24(39)27(41)34-20-12-13-20)35-26(40)23-16-31(15-22(37-44-31)18-10-8-11-19(32)14-18)17-38(23)28(42)25(30(3,4)5)36-29(43)33-7-2/h8,10-11,14,20-21,23,25H,6-7,9,12-13,15-17H2,1-5H3,(H,34,41)(H,35,40)(H2,33,36,43)/t21-,23-,25+,31+/m0/s1. The molecule has 1 spiro atoms. The number of rotatable bonds is 11. The minimum absolute atomic E-state index is 0.00724. The number of nitrogens with one attached hydrogen (secondary N) is 4. The van der Waals surface area contributed by atoms with E-state index in [1.807, 2.05) is 33.8 Å². The molecule has 1 aromatic rings. The van der Waals surface area contributed by atoms with Crippen LogP contribution in [0.15, 0.2) is 29.4 Å². The number of benzene rings is 1. The molecule has 4 N–H and O–H groups in total. The summed E-state index contributed by atoms with van der Waals surface area (Å²) in [6.45, 7) is 9.49. The summed E-state index contributed by atoms with van der Waals surface area (Å²) < 4.78 is 0. The summed E-state index contributed by atoms with van der Waals surface area (Å²) in [5.74, 6) is -2.48. The third-order valence-corrected chi connectivity index (χ3v) is 8.29. The molecular formula is C31H43ClN6O6. The van der Waals surface area contributed by atoms with Crippen LogP contribution in [0.5, 0.6) is 0 Å². The van der Waals surface area contributed by atoms with Gasteiger partial charge in [-0.05, 0) is 43.7 Å². The first-order valence-corrected chi connectivity index (χ1v) is 15.7. The van der Waals surface area contributed by atoms with Crippen LogP contribution in [-0.2, 0) is 24.0 Å². The Kier molecular flexibility index (Phi) is 10.2. The van der Waals surface area contributed by atoms with E-state index in [9.17, 15) is 24.0 Å². The second kappa shape index (κ2) is 13.5. The van der Waals surface area contributed by atoms with E-state index >= 15 is 0 Å². The van der Waals surface area contributed by atoms with Crippen molar-refractivity contribution in [2.24, 2.45) is 10.6 Å². The van der Waals surface area contributed by atoms with Crippen LogP contribution in [-0.4, -0.2) is 83.0 Å². The van der Waals surface area contributed by atoms with Crippen LogP contribution in [0.1, 0.15) is 78.7 Å². The van der Waals surface area contributed by atoms with Crippen LogP contribution in [0.25, 0.3) is 0 Å². The Bertz CT molecular complexity index is 1320. The predicted octanol–water partition coefficient (Wildman–Crippen LogP) is 2.67. The van der Waals surface area contributed by atoms with Crippen LogP contribution in [0.3, 0.4) is 0 Å². The van der Waals surface area contributed by atoms with E-state index < -0.39 is 58.7 Å². The van der Waals surface area contributed by atoms with Gasteiger partial charge in [0.15, 0.2) is 5.60 Å². The van der Waals surface area contributed by atoms with Crippen molar-refractivity contribution in [2.75, 3.05) is 13.1 Å². The van der Waals surface area contributed by atoms with Gasteiger partial charge in [0.1, 0.15) is 12.1 Å². The average Bonchev–Trinajstić information content (AvgIpc) is 3.55. The molecule has 1 aromatic carbocycles. The number of ketones is 1. The van der Waals surface area contributed by atoms with Gasteiger partial charge in [-0.1, -0.05) is 63.0 Å². The Balaban J connectivity index is 1.61. The lowest BCUT2D eigenvalue weighted by molar-refractivity contribution is -0.144. The first-order chi connectivity index (χ1) is 20.8. The highest BCUT2D eigenvalue weighted by Crippen LogP contribution is 2.40. The molecule has 13 heteroatoms. The van der Waals surface area contributed by atoms with E-state index in [1.165, 1.54) is 4.90 Å². The van der Waals surface area contributed by atoms with Crippen LogP contribution >= 0.6 is 11.6 Å². The highest BCUT2D eigenvalue weighted by atomic mass is 35.5. The highest BCUT2D eigenvalue weighted by molar-refractivity contribution is 6.38. The lowest BCUT2D eigenvalue weighted by atomic mass is 9.85. The van der Waals surface area contributed by atoms with Gasteiger partial charge in [0, 0.05) is 36.0 Å². The van der Waals surface area contributed by atoms with E-state index in [-0.39, 0.29) is 25.4 Å². The molecule has 1 saturated carbocycles. The molecule has 44 heavy (non-hydrogen) atoms.